The molecule has 1 saturated heterocycles. The second-order valence-corrected chi connectivity index (χ2v) is 16.7. The van der Waals surface area contributed by atoms with Crippen molar-refractivity contribution in [1.29, 1.82) is 0 Å². The number of hydrogen-bond donors (Lipinski definition) is 0. The van der Waals surface area contributed by atoms with Gasteiger partial charge in [0.05, 0.1) is 24.7 Å². The lowest BCUT2D eigenvalue weighted by molar-refractivity contribution is -0.769. The zero-order chi connectivity index (χ0) is 27.9. The highest BCUT2D eigenvalue weighted by Gasteiger charge is 2.50. The molecule has 0 radical (unpaired) electrons. The van der Waals surface area contributed by atoms with Gasteiger partial charge in [0.25, 0.3) is 0 Å². The summed E-state index contributed by atoms with van der Waals surface area (Å²) in [5, 5.41) is 0.182. The van der Waals surface area contributed by atoms with Crippen LogP contribution in [-0.4, -0.2) is 56.7 Å². The average molecular weight is 559 g/mol. The van der Waals surface area contributed by atoms with E-state index in [-0.39, 0.29) is 29.6 Å². The van der Waals surface area contributed by atoms with E-state index in [2.05, 4.69) is 45.8 Å². The van der Waals surface area contributed by atoms with Gasteiger partial charge in [-0.2, -0.15) is 17.7 Å². The van der Waals surface area contributed by atoms with Crippen molar-refractivity contribution in [2.24, 2.45) is 5.92 Å². The standard InChI is InChI=1S/C21H37N2O4Si.CHF3O3S/c1-13(2)21(6,7)28(8,9)24-12-17-16-10-18(26-17)23-11-15(5)19(25-14(3)4)22-20(23)27-16;2-1(3,4)8(5,6)7/h11,13-14,16-18H,10,12H2,1-9H3;(H,5,6,7)/q+1;/p-1/t16-,17+,18+;/m0./s1. The lowest BCUT2D eigenvalue weighted by Crippen LogP contribution is -2.48. The molecule has 2 aliphatic heterocycles. The topological polar surface area (TPSA) is 111 Å². The number of fused-ring (bicyclic) bond motifs is 4. The highest BCUT2D eigenvalue weighted by molar-refractivity contribution is 7.86. The number of alkyl halides is 3. The van der Waals surface area contributed by atoms with Crippen molar-refractivity contribution in [2.75, 3.05) is 6.61 Å². The maximum atomic E-state index is 10.7. The van der Waals surface area contributed by atoms with Crippen molar-refractivity contribution in [2.45, 2.75) is 103 Å². The van der Waals surface area contributed by atoms with Crippen molar-refractivity contribution in [3.63, 3.8) is 0 Å². The molecule has 14 heteroatoms. The molecule has 2 aliphatic rings. The lowest BCUT2D eigenvalue weighted by Gasteiger charge is -2.43. The van der Waals surface area contributed by atoms with Gasteiger partial charge in [-0.15, -0.1) is 0 Å². The van der Waals surface area contributed by atoms with E-state index < -0.39 is 23.9 Å². The van der Waals surface area contributed by atoms with Crippen LogP contribution in [0.3, 0.4) is 0 Å². The van der Waals surface area contributed by atoms with Crippen LogP contribution in [0.2, 0.25) is 18.1 Å². The predicted molar refractivity (Wildman–Crippen MR) is 126 cm³/mol. The van der Waals surface area contributed by atoms with Crippen molar-refractivity contribution < 1.29 is 49.3 Å². The van der Waals surface area contributed by atoms with Crippen LogP contribution in [-0.2, 0) is 19.3 Å². The van der Waals surface area contributed by atoms with Crippen LogP contribution in [0.5, 0.6) is 11.9 Å². The molecule has 1 aromatic rings. The van der Waals surface area contributed by atoms with E-state index >= 15 is 0 Å². The highest BCUT2D eigenvalue weighted by atomic mass is 32.2. The Hall–Kier alpha value is -1.48. The number of rotatable bonds is 7. The molecule has 3 atom stereocenters. The fraction of sp³-hybridized carbons (Fsp3) is 0.818. The maximum Gasteiger partial charge on any atom is 0.504 e. The Morgan fingerprint density at radius 3 is 2.28 bits per heavy atom. The molecule has 1 fully saturated rings. The Bertz CT molecular complexity index is 1030. The zero-order valence-corrected chi connectivity index (χ0v) is 24.0. The molecule has 0 aromatic carbocycles. The number of ether oxygens (including phenoxy) is 3. The third-order valence-electron chi connectivity index (χ3n) is 7.07. The molecule has 0 N–H and O–H groups in total. The summed E-state index contributed by atoms with van der Waals surface area (Å²) in [6.45, 7) is 20.4. The molecule has 0 amide bonds. The smallest absolute Gasteiger partial charge is 0.504 e. The molecule has 208 valence electrons. The summed E-state index contributed by atoms with van der Waals surface area (Å²) < 4.78 is 85.7. The van der Waals surface area contributed by atoms with Gasteiger partial charge in [-0.25, -0.2) is 8.42 Å². The molecule has 3 rings (SSSR count). The Morgan fingerprint density at radius 2 is 1.81 bits per heavy atom. The largest absolute Gasteiger partial charge is 0.741 e. The number of hydrogen-bond acceptors (Lipinski definition) is 8. The summed E-state index contributed by atoms with van der Waals surface area (Å²) in [4.78, 5) is 4.61. The number of aryl methyl sites for hydroxylation is 1. The van der Waals surface area contributed by atoms with Crippen LogP contribution in [0, 0.1) is 12.8 Å². The normalized spacial score (nSPS) is 22.1. The van der Waals surface area contributed by atoms with Crippen LogP contribution in [0.4, 0.5) is 13.2 Å². The first-order valence-electron chi connectivity index (χ1n) is 11.7. The third-order valence-corrected chi connectivity index (χ3v) is 12.2. The molecular formula is C22H37F3N2O7SSi. The SMILES string of the molecule is Cc1c[n+]2c(nc1OC(C)C)O[C@H]1C[C@H]2O[C@@H]1CO[Si](C)(C)C(C)(C)C(C)C.O=S(=O)([O-])C(F)(F)F. The summed E-state index contributed by atoms with van der Waals surface area (Å²) in [5.41, 5.74) is -4.66. The van der Waals surface area contributed by atoms with Gasteiger partial charge >= 0.3 is 17.4 Å². The number of halogens is 3. The van der Waals surface area contributed by atoms with Crippen LogP contribution in [0.15, 0.2) is 6.20 Å². The zero-order valence-electron chi connectivity index (χ0n) is 22.2. The molecule has 1 aromatic heterocycles. The quantitative estimate of drug-likeness (QED) is 0.212. The fourth-order valence-corrected chi connectivity index (χ4v) is 5.98. The van der Waals surface area contributed by atoms with Crippen LogP contribution in [0.1, 0.15) is 59.8 Å². The highest BCUT2D eigenvalue weighted by Crippen LogP contribution is 2.45. The van der Waals surface area contributed by atoms with Crippen molar-refractivity contribution in [1.82, 2.24) is 4.98 Å². The Labute approximate surface area is 212 Å². The average Bonchev–Trinajstić information content (AvgIpc) is 3.03. The number of nitrogens with zero attached hydrogens (tertiary/aromatic N) is 2. The minimum Gasteiger partial charge on any atom is -0.741 e. The minimum absolute atomic E-state index is 0.0286. The fourth-order valence-electron chi connectivity index (χ4n) is 3.64. The summed E-state index contributed by atoms with van der Waals surface area (Å²) in [6, 6.07) is 0.573. The first-order chi connectivity index (χ1) is 16.2. The molecule has 0 aliphatic carbocycles. The van der Waals surface area contributed by atoms with Crippen molar-refractivity contribution in [3.05, 3.63) is 11.8 Å². The second-order valence-electron chi connectivity index (χ2n) is 10.7. The van der Waals surface area contributed by atoms with E-state index in [4.69, 9.17) is 31.6 Å². The molecule has 2 bridgehead atoms. The molecule has 0 saturated carbocycles. The lowest BCUT2D eigenvalue weighted by atomic mass is 9.99. The Morgan fingerprint density at radius 1 is 1.25 bits per heavy atom. The maximum absolute atomic E-state index is 10.7. The van der Waals surface area contributed by atoms with E-state index in [9.17, 15) is 13.2 Å². The molecule has 9 nitrogen and oxygen atoms in total. The first-order valence-corrected chi connectivity index (χ1v) is 16.1. The molecular weight excluding hydrogens is 521 g/mol. The van der Waals surface area contributed by atoms with Gasteiger partial charge in [0, 0.05) is 4.98 Å². The van der Waals surface area contributed by atoms with Crippen LogP contribution in [0.25, 0.3) is 0 Å². The molecule has 36 heavy (non-hydrogen) atoms. The van der Waals surface area contributed by atoms with Gasteiger partial charge in [-0.3, -0.25) is 0 Å². The van der Waals surface area contributed by atoms with Crippen molar-refractivity contribution >= 4 is 18.4 Å². The van der Waals surface area contributed by atoms with Gasteiger partial charge in [-0.1, -0.05) is 27.7 Å². The van der Waals surface area contributed by atoms with Gasteiger partial charge in [0.2, 0.25) is 6.23 Å². The molecule has 0 unspecified atom stereocenters. The Balaban J connectivity index is 0.000000493. The molecule has 3 heterocycles. The van der Waals surface area contributed by atoms with E-state index in [0.717, 1.165) is 12.0 Å². The van der Waals surface area contributed by atoms with E-state index in [1.807, 2.05) is 31.5 Å². The van der Waals surface area contributed by atoms with Crippen LogP contribution >= 0.6 is 0 Å². The van der Waals surface area contributed by atoms with Gasteiger partial charge in [-0.05, 0) is 44.8 Å². The summed E-state index contributed by atoms with van der Waals surface area (Å²) >= 11 is 0. The monoisotopic (exact) mass is 558 g/mol. The Kier molecular flexibility index (Phi) is 9.15. The van der Waals surface area contributed by atoms with Gasteiger partial charge in [0.1, 0.15) is 18.4 Å². The summed E-state index contributed by atoms with van der Waals surface area (Å²) in [7, 11) is -7.99. The summed E-state index contributed by atoms with van der Waals surface area (Å²) in [6.07, 6.45) is 2.76. The van der Waals surface area contributed by atoms with Gasteiger partial charge < -0.3 is 23.2 Å². The minimum atomic E-state index is -6.09. The third kappa shape index (κ3) is 6.88. The van der Waals surface area contributed by atoms with Crippen LogP contribution < -0.4 is 14.0 Å². The predicted octanol–water partition coefficient (Wildman–Crippen LogP) is 4.22. The van der Waals surface area contributed by atoms with Gasteiger partial charge in [0.15, 0.2) is 18.4 Å². The van der Waals surface area contributed by atoms with Crippen molar-refractivity contribution in [3.8, 4) is 11.9 Å². The second kappa shape index (κ2) is 10.7. The summed E-state index contributed by atoms with van der Waals surface area (Å²) in [5.74, 6) is 1.20. The first kappa shape index (κ1) is 30.7. The molecule has 0 spiro atoms. The van der Waals surface area contributed by atoms with E-state index in [1.54, 1.807) is 0 Å². The van der Waals surface area contributed by atoms with E-state index in [1.165, 1.54) is 0 Å². The number of aromatic nitrogens is 2. The van der Waals surface area contributed by atoms with E-state index in [0.29, 0.717) is 24.4 Å².